The smallest absolute Gasteiger partial charge is 0.416 e. The molecule has 0 aliphatic rings. The number of amides is 2. The lowest BCUT2D eigenvalue weighted by molar-refractivity contribution is -0.137. The molecule has 0 unspecified atom stereocenters. The van der Waals surface area contributed by atoms with E-state index < -0.39 is 17.8 Å². The molecule has 0 spiro atoms. The Morgan fingerprint density at radius 3 is 2.39 bits per heavy atom. The lowest BCUT2D eigenvalue weighted by atomic mass is 10.1. The van der Waals surface area contributed by atoms with E-state index >= 15 is 0 Å². The highest BCUT2D eigenvalue weighted by atomic mass is 19.4. The number of carbonyl (C=O) groups excluding carboxylic acids is 1. The van der Waals surface area contributed by atoms with E-state index in [1.54, 1.807) is 35.1 Å². The van der Waals surface area contributed by atoms with Gasteiger partial charge < -0.3 is 20.3 Å². The number of alkyl halides is 3. The van der Waals surface area contributed by atoms with Crippen molar-refractivity contribution in [3.05, 3.63) is 97.3 Å². The van der Waals surface area contributed by atoms with Crippen molar-refractivity contribution in [2.24, 2.45) is 0 Å². The number of anilines is 3. The van der Waals surface area contributed by atoms with Gasteiger partial charge in [-0.05, 0) is 48.0 Å². The molecule has 0 aliphatic heterocycles. The van der Waals surface area contributed by atoms with E-state index in [2.05, 4.69) is 35.8 Å². The normalized spacial score (nSPS) is 11.4. The zero-order valence-electron chi connectivity index (χ0n) is 23.2. The van der Waals surface area contributed by atoms with Crippen molar-refractivity contribution >= 4 is 28.9 Å². The first-order valence-corrected chi connectivity index (χ1v) is 13.1. The van der Waals surface area contributed by atoms with Crippen LogP contribution >= 0.6 is 0 Å². The molecule has 2 amide bonds. The summed E-state index contributed by atoms with van der Waals surface area (Å²) in [5.74, 6) is 1.28. The Morgan fingerprint density at radius 1 is 0.932 bits per heavy atom. The van der Waals surface area contributed by atoms with E-state index in [4.69, 9.17) is 4.74 Å². The van der Waals surface area contributed by atoms with E-state index in [0.717, 1.165) is 29.1 Å². The summed E-state index contributed by atoms with van der Waals surface area (Å²) in [4.78, 5) is 27.5. The van der Waals surface area contributed by atoms with E-state index in [9.17, 15) is 18.0 Å². The maximum absolute atomic E-state index is 13.3. The molecule has 6 aromatic rings. The SMILES string of the molecule is CN(C)c1ccn2ncc(-c3ccc(Oc4ncc(NC(=O)Nc5cc(C(F)(F)F)ccc5-n5cccn5)cn4)cc3)c2n1. The molecule has 0 radical (unpaired) electrons. The van der Waals surface area contributed by atoms with Crippen LogP contribution in [0.3, 0.4) is 0 Å². The average molecular weight is 601 g/mol. The van der Waals surface area contributed by atoms with Crippen LogP contribution in [-0.2, 0) is 6.18 Å². The fourth-order valence-corrected chi connectivity index (χ4v) is 4.26. The topological polar surface area (TPSA) is 127 Å². The number of hydrogen-bond donors (Lipinski definition) is 2. The van der Waals surface area contributed by atoms with Crippen molar-refractivity contribution in [2.75, 3.05) is 29.6 Å². The van der Waals surface area contributed by atoms with Gasteiger partial charge >= 0.3 is 18.2 Å². The molecule has 0 aliphatic carbocycles. The molecule has 0 atom stereocenters. The second-order valence-corrected chi connectivity index (χ2v) is 9.65. The fraction of sp³-hybridized carbons (Fsp3) is 0.103. The zero-order valence-corrected chi connectivity index (χ0v) is 23.2. The summed E-state index contributed by atoms with van der Waals surface area (Å²) >= 11 is 0. The first-order valence-electron chi connectivity index (χ1n) is 13.1. The fourth-order valence-electron chi connectivity index (χ4n) is 4.26. The predicted molar refractivity (Wildman–Crippen MR) is 156 cm³/mol. The third kappa shape index (κ3) is 5.97. The molecular formula is C29H23F3N10O2. The molecule has 0 saturated heterocycles. The Bertz CT molecular complexity index is 1920. The Balaban J connectivity index is 1.12. The molecule has 2 N–H and O–H groups in total. The molecule has 0 saturated carbocycles. The molecule has 44 heavy (non-hydrogen) atoms. The zero-order chi connectivity index (χ0) is 30.8. The minimum Gasteiger partial charge on any atom is -0.424 e. The van der Waals surface area contributed by atoms with Crippen molar-refractivity contribution < 1.29 is 22.7 Å². The van der Waals surface area contributed by atoms with Gasteiger partial charge in [0.25, 0.3) is 0 Å². The highest BCUT2D eigenvalue weighted by molar-refractivity contribution is 6.00. The minimum atomic E-state index is -4.60. The standard InChI is InChI=1S/C29H23F3N10O2/c1-40(2)25-10-13-42-26(39-25)22(17-36-42)18-4-7-21(8-5-18)44-28-33-15-20(16-34-28)37-27(43)38-23-14-19(29(30,31)32)6-9-24(23)41-12-3-11-35-41/h3-17H,1-2H3,(H2,37,38,43). The van der Waals surface area contributed by atoms with Gasteiger partial charge in [0, 0.05) is 38.2 Å². The molecule has 4 aromatic heterocycles. The third-order valence-electron chi connectivity index (χ3n) is 6.40. The Labute approximate surface area is 247 Å². The Hall–Kier alpha value is -5.99. The van der Waals surface area contributed by atoms with E-state index in [0.29, 0.717) is 11.4 Å². The summed E-state index contributed by atoms with van der Waals surface area (Å²) in [7, 11) is 3.83. The van der Waals surface area contributed by atoms with E-state index in [-0.39, 0.29) is 23.1 Å². The van der Waals surface area contributed by atoms with Gasteiger partial charge in [-0.2, -0.15) is 23.4 Å². The number of carbonyl (C=O) groups is 1. The minimum absolute atomic E-state index is 0.0239. The van der Waals surface area contributed by atoms with Crippen LogP contribution in [0.2, 0.25) is 0 Å². The van der Waals surface area contributed by atoms with Crippen LogP contribution in [0.5, 0.6) is 11.8 Å². The summed E-state index contributed by atoms with van der Waals surface area (Å²) in [6, 6.07) is 12.9. The van der Waals surface area contributed by atoms with Crippen LogP contribution in [0, 0.1) is 0 Å². The number of nitrogens with zero attached hydrogens (tertiary/aromatic N) is 8. The van der Waals surface area contributed by atoms with Crippen molar-refractivity contribution in [1.82, 2.24) is 34.3 Å². The maximum atomic E-state index is 13.3. The quantitative estimate of drug-likeness (QED) is 0.232. The third-order valence-corrected chi connectivity index (χ3v) is 6.40. The van der Waals surface area contributed by atoms with Crippen LogP contribution in [0.4, 0.5) is 35.2 Å². The van der Waals surface area contributed by atoms with E-state index in [1.807, 2.05) is 43.4 Å². The van der Waals surface area contributed by atoms with Gasteiger partial charge in [0.15, 0.2) is 5.65 Å². The maximum Gasteiger partial charge on any atom is 0.416 e. The van der Waals surface area contributed by atoms with Gasteiger partial charge in [-0.25, -0.2) is 28.9 Å². The van der Waals surface area contributed by atoms with Gasteiger partial charge in [-0.3, -0.25) is 0 Å². The van der Waals surface area contributed by atoms with E-state index in [1.165, 1.54) is 29.3 Å². The number of rotatable bonds is 7. The molecule has 2 aromatic carbocycles. The predicted octanol–water partition coefficient (Wildman–Crippen LogP) is 5.89. The van der Waals surface area contributed by atoms with Gasteiger partial charge in [0.05, 0.1) is 41.2 Å². The molecule has 12 nitrogen and oxygen atoms in total. The number of urea groups is 1. The second kappa shape index (κ2) is 11.4. The van der Waals surface area contributed by atoms with Crippen molar-refractivity contribution in [3.8, 4) is 28.6 Å². The lowest BCUT2D eigenvalue weighted by Crippen LogP contribution is -2.21. The summed E-state index contributed by atoms with van der Waals surface area (Å²) < 4.78 is 48.7. The molecule has 0 bridgehead atoms. The number of nitrogens with one attached hydrogen (secondary N) is 2. The van der Waals surface area contributed by atoms with Gasteiger partial charge in [-0.15, -0.1) is 0 Å². The number of ether oxygens (including phenoxy) is 1. The monoisotopic (exact) mass is 600 g/mol. The second-order valence-electron chi connectivity index (χ2n) is 9.65. The molecule has 15 heteroatoms. The summed E-state index contributed by atoms with van der Waals surface area (Å²) in [6.45, 7) is 0. The first kappa shape index (κ1) is 28.1. The number of fused-ring (bicyclic) bond motifs is 1. The molecule has 6 rings (SSSR count). The number of benzene rings is 2. The van der Waals surface area contributed by atoms with Gasteiger partial charge in [0.2, 0.25) is 0 Å². The van der Waals surface area contributed by atoms with Crippen LogP contribution in [-0.4, -0.2) is 54.5 Å². The van der Waals surface area contributed by atoms with Crippen LogP contribution in [0.1, 0.15) is 5.56 Å². The molecule has 222 valence electrons. The number of halogens is 3. The van der Waals surface area contributed by atoms with Crippen LogP contribution < -0.4 is 20.3 Å². The van der Waals surface area contributed by atoms with Gasteiger partial charge in [0.1, 0.15) is 11.6 Å². The van der Waals surface area contributed by atoms with Crippen molar-refractivity contribution in [2.45, 2.75) is 6.18 Å². The van der Waals surface area contributed by atoms with Crippen molar-refractivity contribution in [1.29, 1.82) is 0 Å². The Kier molecular flexibility index (Phi) is 7.26. The molecular weight excluding hydrogens is 577 g/mol. The summed E-state index contributed by atoms with van der Waals surface area (Å²) in [5, 5.41) is 13.3. The van der Waals surface area contributed by atoms with Crippen LogP contribution in [0.25, 0.3) is 22.5 Å². The first-order chi connectivity index (χ1) is 21.1. The summed E-state index contributed by atoms with van der Waals surface area (Å²) in [5.41, 5.74) is 1.88. The van der Waals surface area contributed by atoms with Crippen molar-refractivity contribution in [3.63, 3.8) is 0 Å². The highest BCUT2D eigenvalue weighted by Crippen LogP contribution is 2.33. The Morgan fingerprint density at radius 2 is 1.70 bits per heavy atom. The van der Waals surface area contributed by atoms with Gasteiger partial charge in [-0.1, -0.05) is 12.1 Å². The average Bonchev–Trinajstić information content (AvgIpc) is 3.68. The molecule has 4 heterocycles. The highest BCUT2D eigenvalue weighted by Gasteiger charge is 2.31. The number of aromatic nitrogens is 7. The van der Waals surface area contributed by atoms with Crippen LogP contribution in [0.15, 0.2) is 91.8 Å². The lowest BCUT2D eigenvalue weighted by Gasteiger charge is -2.15. The summed E-state index contributed by atoms with van der Waals surface area (Å²) in [6.07, 6.45) is 4.63. The molecule has 0 fully saturated rings. The largest absolute Gasteiger partial charge is 0.424 e. The number of hydrogen-bond acceptors (Lipinski definition) is 8.